The van der Waals surface area contributed by atoms with Gasteiger partial charge in [0.25, 0.3) is 0 Å². The highest BCUT2D eigenvalue weighted by Crippen LogP contribution is 2.28. The fourth-order valence-electron chi connectivity index (χ4n) is 2.74. The first-order valence-corrected chi connectivity index (χ1v) is 8.65. The van der Waals surface area contributed by atoms with Crippen molar-refractivity contribution in [2.75, 3.05) is 5.75 Å². The smallest absolute Gasteiger partial charge is 0.220 e. The summed E-state index contributed by atoms with van der Waals surface area (Å²) in [6.07, 6.45) is 7.96. The molecule has 0 aliphatic heterocycles. The molecule has 20 heavy (non-hydrogen) atoms. The first kappa shape index (κ1) is 15.4. The minimum Gasteiger partial charge on any atom is -0.352 e. The molecule has 1 fully saturated rings. The highest BCUT2D eigenvalue weighted by atomic mass is 32.2. The Labute approximate surface area is 125 Å². The van der Waals surface area contributed by atoms with Gasteiger partial charge in [-0.2, -0.15) is 11.8 Å². The fourth-order valence-corrected chi connectivity index (χ4v) is 3.94. The third kappa shape index (κ3) is 4.82. The molecule has 0 radical (unpaired) electrons. The van der Waals surface area contributed by atoms with Crippen molar-refractivity contribution in [2.45, 2.75) is 56.7 Å². The van der Waals surface area contributed by atoms with E-state index in [2.05, 4.69) is 17.2 Å². The molecule has 1 aromatic heterocycles. The van der Waals surface area contributed by atoms with E-state index in [0.29, 0.717) is 17.7 Å². The molecular weight excluding hydrogens is 268 g/mol. The third-order valence-electron chi connectivity index (χ3n) is 3.76. The molecule has 0 saturated heterocycles. The number of aromatic nitrogens is 1. The van der Waals surface area contributed by atoms with Crippen molar-refractivity contribution >= 4 is 17.7 Å². The van der Waals surface area contributed by atoms with Crippen LogP contribution < -0.4 is 5.32 Å². The number of amides is 1. The van der Waals surface area contributed by atoms with Gasteiger partial charge in [0.2, 0.25) is 5.91 Å². The molecule has 1 aliphatic rings. The average molecular weight is 292 g/mol. The second kappa shape index (κ2) is 8.30. The number of pyridine rings is 1. The summed E-state index contributed by atoms with van der Waals surface area (Å²) in [4.78, 5) is 16.3. The molecule has 0 aromatic carbocycles. The zero-order valence-electron chi connectivity index (χ0n) is 12.2. The second-order valence-corrected chi connectivity index (χ2v) is 6.79. The van der Waals surface area contributed by atoms with Gasteiger partial charge in [0.15, 0.2) is 0 Å². The van der Waals surface area contributed by atoms with Gasteiger partial charge < -0.3 is 5.32 Å². The number of hydrogen-bond donors (Lipinski definition) is 1. The van der Waals surface area contributed by atoms with Crippen LogP contribution in [0.4, 0.5) is 0 Å². The first-order valence-electron chi connectivity index (χ1n) is 7.60. The van der Waals surface area contributed by atoms with E-state index in [9.17, 15) is 4.79 Å². The quantitative estimate of drug-likeness (QED) is 0.875. The van der Waals surface area contributed by atoms with Crippen molar-refractivity contribution in [3.8, 4) is 0 Å². The van der Waals surface area contributed by atoms with Gasteiger partial charge in [0.05, 0.1) is 0 Å². The number of thioether (sulfide) groups is 1. The van der Waals surface area contributed by atoms with Crippen molar-refractivity contribution in [3.05, 3.63) is 30.1 Å². The number of nitrogens with one attached hydrogen (secondary N) is 1. The van der Waals surface area contributed by atoms with Crippen LogP contribution in [0.1, 0.15) is 44.7 Å². The molecule has 1 aromatic rings. The normalized spacial score (nSPS) is 22.4. The van der Waals surface area contributed by atoms with Crippen LogP contribution in [0.25, 0.3) is 0 Å². The summed E-state index contributed by atoms with van der Waals surface area (Å²) in [7, 11) is 0. The van der Waals surface area contributed by atoms with Crippen molar-refractivity contribution in [1.29, 1.82) is 0 Å². The number of hydrogen-bond acceptors (Lipinski definition) is 3. The topological polar surface area (TPSA) is 42.0 Å². The molecule has 1 heterocycles. The Bertz CT molecular complexity index is 408. The van der Waals surface area contributed by atoms with Gasteiger partial charge in [0.1, 0.15) is 0 Å². The maximum Gasteiger partial charge on any atom is 0.220 e. The summed E-state index contributed by atoms with van der Waals surface area (Å²) >= 11 is 1.99. The van der Waals surface area contributed by atoms with Crippen LogP contribution >= 0.6 is 11.8 Å². The van der Waals surface area contributed by atoms with E-state index in [1.165, 1.54) is 19.3 Å². The number of aryl methyl sites for hydroxylation is 1. The number of rotatable bonds is 6. The largest absolute Gasteiger partial charge is 0.352 e. The van der Waals surface area contributed by atoms with E-state index in [4.69, 9.17) is 0 Å². The number of carbonyl (C=O) groups is 1. The lowest BCUT2D eigenvalue weighted by atomic mass is 9.94. The monoisotopic (exact) mass is 292 g/mol. The van der Waals surface area contributed by atoms with Crippen LogP contribution in [0.15, 0.2) is 24.4 Å². The second-order valence-electron chi connectivity index (χ2n) is 5.27. The standard InChI is InChI=1S/C16H24N2OS/c1-2-20-15-9-4-3-8-14(15)18-16(19)11-10-13-7-5-6-12-17-13/h5-7,12,14-15H,2-4,8-11H2,1H3,(H,18,19). The fraction of sp³-hybridized carbons (Fsp3) is 0.625. The van der Waals surface area contributed by atoms with Gasteiger partial charge in [-0.05, 0) is 37.1 Å². The van der Waals surface area contributed by atoms with Gasteiger partial charge in [-0.25, -0.2) is 0 Å². The van der Waals surface area contributed by atoms with Gasteiger partial charge in [-0.3, -0.25) is 9.78 Å². The predicted octanol–water partition coefficient (Wildman–Crippen LogP) is 3.19. The molecule has 4 heteroatoms. The molecule has 110 valence electrons. The van der Waals surface area contributed by atoms with Crippen molar-refractivity contribution < 1.29 is 4.79 Å². The van der Waals surface area contributed by atoms with Crippen LogP contribution in [0.3, 0.4) is 0 Å². The van der Waals surface area contributed by atoms with E-state index >= 15 is 0 Å². The molecule has 2 rings (SSSR count). The summed E-state index contributed by atoms with van der Waals surface area (Å²) in [6.45, 7) is 2.19. The predicted molar refractivity (Wildman–Crippen MR) is 84.9 cm³/mol. The van der Waals surface area contributed by atoms with Gasteiger partial charge in [-0.15, -0.1) is 0 Å². The van der Waals surface area contributed by atoms with E-state index in [0.717, 1.165) is 24.3 Å². The Hall–Kier alpha value is -1.03. The maximum atomic E-state index is 12.1. The molecular formula is C16H24N2OS. The highest BCUT2D eigenvalue weighted by molar-refractivity contribution is 7.99. The molecule has 2 atom stereocenters. The van der Waals surface area contributed by atoms with Gasteiger partial charge in [-0.1, -0.05) is 25.8 Å². The molecule has 2 unspecified atom stereocenters. The molecule has 1 saturated carbocycles. The Morgan fingerprint density at radius 1 is 1.40 bits per heavy atom. The molecule has 1 amide bonds. The Morgan fingerprint density at radius 3 is 3.00 bits per heavy atom. The SMILES string of the molecule is CCSC1CCCCC1NC(=O)CCc1ccccn1. The minimum atomic E-state index is 0.171. The van der Waals surface area contributed by atoms with Crippen LogP contribution in [0.2, 0.25) is 0 Å². The van der Waals surface area contributed by atoms with Gasteiger partial charge in [0, 0.05) is 29.6 Å². The lowest BCUT2D eigenvalue weighted by molar-refractivity contribution is -0.121. The average Bonchev–Trinajstić information content (AvgIpc) is 2.49. The van der Waals surface area contributed by atoms with Crippen LogP contribution in [-0.4, -0.2) is 27.9 Å². The summed E-state index contributed by atoms with van der Waals surface area (Å²) < 4.78 is 0. The summed E-state index contributed by atoms with van der Waals surface area (Å²) in [5, 5.41) is 3.84. The molecule has 1 aliphatic carbocycles. The summed E-state index contributed by atoms with van der Waals surface area (Å²) in [6, 6.07) is 6.21. The van der Waals surface area contributed by atoms with Crippen molar-refractivity contribution in [2.24, 2.45) is 0 Å². The van der Waals surface area contributed by atoms with Crippen molar-refractivity contribution in [3.63, 3.8) is 0 Å². The van der Waals surface area contributed by atoms with E-state index in [-0.39, 0.29) is 5.91 Å². The lowest BCUT2D eigenvalue weighted by Gasteiger charge is -2.31. The van der Waals surface area contributed by atoms with Gasteiger partial charge >= 0.3 is 0 Å². The Kier molecular flexibility index (Phi) is 6.37. The third-order valence-corrected chi connectivity index (χ3v) is 5.09. The minimum absolute atomic E-state index is 0.171. The maximum absolute atomic E-state index is 12.1. The molecule has 1 N–H and O–H groups in total. The van der Waals surface area contributed by atoms with E-state index in [1.54, 1.807) is 6.20 Å². The molecule has 3 nitrogen and oxygen atoms in total. The summed E-state index contributed by atoms with van der Waals surface area (Å²) in [5.74, 6) is 1.30. The van der Waals surface area contributed by atoms with Crippen molar-refractivity contribution in [1.82, 2.24) is 10.3 Å². The number of nitrogens with zero attached hydrogens (tertiary/aromatic N) is 1. The lowest BCUT2D eigenvalue weighted by Crippen LogP contribution is -2.43. The first-order chi connectivity index (χ1) is 9.79. The zero-order chi connectivity index (χ0) is 14.2. The molecule has 0 spiro atoms. The van der Waals surface area contributed by atoms with Crippen LogP contribution in [-0.2, 0) is 11.2 Å². The van der Waals surface area contributed by atoms with Crippen LogP contribution in [0, 0.1) is 0 Å². The zero-order valence-corrected chi connectivity index (χ0v) is 13.0. The highest BCUT2D eigenvalue weighted by Gasteiger charge is 2.26. The summed E-state index contributed by atoms with van der Waals surface area (Å²) in [5.41, 5.74) is 0.991. The Morgan fingerprint density at radius 2 is 2.25 bits per heavy atom. The van der Waals surface area contributed by atoms with E-state index in [1.807, 2.05) is 30.0 Å². The molecule has 0 bridgehead atoms. The Balaban J connectivity index is 1.78. The number of carbonyl (C=O) groups excluding carboxylic acids is 1. The van der Waals surface area contributed by atoms with Crippen LogP contribution in [0.5, 0.6) is 0 Å². The van der Waals surface area contributed by atoms with E-state index < -0.39 is 0 Å².